The van der Waals surface area contributed by atoms with Gasteiger partial charge in [0.15, 0.2) is 9.84 Å². The first-order valence-electron chi connectivity index (χ1n) is 9.93. The average molecular weight is 414 g/mol. The summed E-state index contributed by atoms with van der Waals surface area (Å²) in [6.07, 6.45) is 4.71. The number of carbonyl (C=O) groups excluding carboxylic acids is 1. The summed E-state index contributed by atoms with van der Waals surface area (Å²) in [4.78, 5) is 14.6. The van der Waals surface area contributed by atoms with Crippen LogP contribution in [0.15, 0.2) is 60.7 Å². The van der Waals surface area contributed by atoms with Crippen molar-refractivity contribution in [2.75, 3.05) is 18.1 Å². The molecule has 1 aliphatic rings. The van der Waals surface area contributed by atoms with Gasteiger partial charge in [-0.2, -0.15) is 0 Å². The molecule has 0 radical (unpaired) electrons. The summed E-state index contributed by atoms with van der Waals surface area (Å²) in [7, 11) is -3.09. The second-order valence-corrected chi connectivity index (χ2v) is 9.49. The van der Waals surface area contributed by atoms with E-state index in [0.717, 1.165) is 23.3 Å². The van der Waals surface area contributed by atoms with Crippen molar-refractivity contribution in [2.24, 2.45) is 0 Å². The van der Waals surface area contributed by atoms with E-state index in [0.29, 0.717) is 19.6 Å². The number of hydrogen-bond acceptors (Lipinski definition) is 4. The summed E-state index contributed by atoms with van der Waals surface area (Å²) >= 11 is 0. The highest BCUT2D eigenvalue weighted by atomic mass is 32.2. The van der Waals surface area contributed by atoms with Gasteiger partial charge in [0.25, 0.3) is 0 Å². The van der Waals surface area contributed by atoms with Crippen molar-refractivity contribution in [3.8, 4) is 5.75 Å². The third kappa shape index (κ3) is 6.19. The quantitative estimate of drug-likeness (QED) is 0.619. The molecule has 0 bridgehead atoms. The molecule has 1 saturated heterocycles. The van der Waals surface area contributed by atoms with Crippen molar-refractivity contribution in [3.05, 3.63) is 71.8 Å². The summed E-state index contributed by atoms with van der Waals surface area (Å²) in [6.45, 7) is 3.08. The Hall–Kier alpha value is -2.60. The lowest BCUT2D eigenvalue weighted by atomic mass is 10.1. The standard InChI is InChI=1S/C23H27NO4S/c1-2-15-28-22-11-8-20(9-12-22)17-24(21-14-16-29(26,27)18-21)23(25)13-10-19-6-4-3-5-7-19/h3-13,21H,2,14-18H2,1H3/b13-10+. The highest BCUT2D eigenvalue weighted by Crippen LogP contribution is 2.22. The molecular weight excluding hydrogens is 386 g/mol. The Morgan fingerprint density at radius 1 is 1.14 bits per heavy atom. The minimum atomic E-state index is -3.09. The molecule has 6 heteroatoms. The summed E-state index contributed by atoms with van der Waals surface area (Å²) in [6, 6.07) is 16.9. The van der Waals surface area contributed by atoms with Gasteiger partial charge in [0.2, 0.25) is 5.91 Å². The zero-order valence-corrected chi connectivity index (χ0v) is 17.5. The maximum atomic E-state index is 12.9. The van der Waals surface area contributed by atoms with Crippen LogP contribution in [0.5, 0.6) is 5.75 Å². The zero-order chi connectivity index (χ0) is 20.7. The first-order valence-corrected chi connectivity index (χ1v) is 11.7. The van der Waals surface area contributed by atoms with Crippen molar-refractivity contribution >= 4 is 21.8 Å². The van der Waals surface area contributed by atoms with Crippen LogP contribution in [0.2, 0.25) is 0 Å². The van der Waals surface area contributed by atoms with Gasteiger partial charge in [-0.1, -0.05) is 49.4 Å². The number of ether oxygens (including phenoxy) is 1. The van der Waals surface area contributed by atoms with Crippen LogP contribution >= 0.6 is 0 Å². The van der Waals surface area contributed by atoms with Crippen molar-refractivity contribution in [3.63, 3.8) is 0 Å². The van der Waals surface area contributed by atoms with E-state index in [1.54, 1.807) is 11.0 Å². The molecule has 0 aromatic heterocycles. The van der Waals surface area contributed by atoms with Gasteiger partial charge in [-0.15, -0.1) is 0 Å². The van der Waals surface area contributed by atoms with Crippen molar-refractivity contribution in [1.82, 2.24) is 4.90 Å². The monoisotopic (exact) mass is 413 g/mol. The minimum Gasteiger partial charge on any atom is -0.494 e. The molecule has 2 aromatic rings. The van der Waals surface area contributed by atoms with E-state index in [9.17, 15) is 13.2 Å². The molecule has 0 aliphatic carbocycles. The van der Waals surface area contributed by atoms with Gasteiger partial charge in [0.05, 0.1) is 18.1 Å². The maximum Gasteiger partial charge on any atom is 0.247 e. The number of hydrogen-bond donors (Lipinski definition) is 0. The fourth-order valence-corrected chi connectivity index (χ4v) is 5.07. The lowest BCUT2D eigenvalue weighted by Gasteiger charge is -2.27. The third-order valence-corrected chi connectivity index (χ3v) is 6.65. The van der Waals surface area contributed by atoms with E-state index in [-0.39, 0.29) is 23.5 Å². The van der Waals surface area contributed by atoms with Crippen molar-refractivity contribution in [2.45, 2.75) is 32.4 Å². The van der Waals surface area contributed by atoms with Gasteiger partial charge in [-0.3, -0.25) is 4.79 Å². The molecule has 1 aliphatic heterocycles. The summed E-state index contributed by atoms with van der Waals surface area (Å²) in [5.41, 5.74) is 1.87. The van der Waals surface area contributed by atoms with E-state index in [1.807, 2.05) is 54.6 Å². The first kappa shape index (κ1) is 21.1. The summed E-state index contributed by atoms with van der Waals surface area (Å²) in [5.74, 6) is 0.770. The van der Waals surface area contributed by atoms with Gasteiger partial charge in [0, 0.05) is 18.7 Å². The predicted octanol–water partition coefficient (Wildman–Crippen LogP) is 3.70. The highest BCUT2D eigenvalue weighted by molar-refractivity contribution is 7.91. The van der Waals surface area contributed by atoms with Crippen LogP contribution in [0.3, 0.4) is 0 Å². The van der Waals surface area contributed by atoms with Gasteiger partial charge in [0.1, 0.15) is 5.75 Å². The van der Waals surface area contributed by atoms with Gasteiger partial charge in [-0.05, 0) is 42.2 Å². The molecule has 3 rings (SSSR count). The van der Waals surface area contributed by atoms with Crippen molar-refractivity contribution < 1.29 is 17.9 Å². The van der Waals surface area contributed by atoms with Crippen LogP contribution < -0.4 is 4.74 Å². The van der Waals surface area contributed by atoms with Gasteiger partial charge < -0.3 is 9.64 Å². The first-order chi connectivity index (χ1) is 14.0. The van der Waals surface area contributed by atoms with Crippen LogP contribution in [0.1, 0.15) is 30.9 Å². The maximum absolute atomic E-state index is 12.9. The zero-order valence-electron chi connectivity index (χ0n) is 16.7. The van der Waals surface area contributed by atoms with Crippen LogP contribution in [0, 0.1) is 0 Å². The van der Waals surface area contributed by atoms with Gasteiger partial charge in [-0.25, -0.2) is 8.42 Å². The number of sulfone groups is 1. The molecule has 1 unspecified atom stereocenters. The molecule has 1 heterocycles. The molecule has 0 spiro atoms. The highest BCUT2D eigenvalue weighted by Gasteiger charge is 2.34. The Kier molecular flexibility index (Phi) is 7.09. The number of benzene rings is 2. The summed E-state index contributed by atoms with van der Waals surface area (Å²) < 4.78 is 29.6. The van der Waals surface area contributed by atoms with E-state index in [1.165, 1.54) is 6.08 Å². The topological polar surface area (TPSA) is 63.7 Å². The van der Waals surface area contributed by atoms with E-state index in [4.69, 9.17) is 4.74 Å². The molecule has 154 valence electrons. The van der Waals surface area contributed by atoms with Crippen LogP contribution in [-0.4, -0.2) is 43.4 Å². The number of nitrogens with zero attached hydrogens (tertiary/aromatic N) is 1. The van der Waals surface area contributed by atoms with E-state index >= 15 is 0 Å². The lowest BCUT2D eigenvalue weighted by Crippen LogP contribution is -2.39. The Morgan fingerprint density at radius 3 is 2.48 bits per heavy atom. The molecule has 5 nitrogen and oxygen atoms in total. The molecule has 1 amide bonds. The van der Waals surface area contributed by atoms with Crippen LogP contribution in [0.4, 0.5) is 0 Å². The second kappa shape index (κ2) is 9.74. The third-order valence-electron chi connectivity index (χ3n) is 4.90. The minimum absolute atomic E-state index is 0.0234. The average Bonchev–Trinajstić information content (AvgIpc) is 3.09. The van der Waals surface area contributed by atoms with Gasteiger partial charge >= 0.3 is 0 Å². The largest absolute Gasteiger partial charge is 0.494 e. The van der Waals surface area contributed by atoms with Crippen LogP contribution in [-0.2, 0) is 21.2 Å². The molecule has 0 N–H and O–H groups in total. The SMILES string of the molecule is CCCOc1ccc(CN(C(=O)/C=C/c2ccccc2)C2CCS(=O)(=O)C2)cc1. The molecular formula is C23H27NO4S. The molecule has 2 aromatic carbocycles. The number of amides is 1. The second-order valence-electron chi connectivity index (χ2n) is 7.26. The molecule has 0 saturated carbocycles. The lowest BCUT2D eigenvalue weighted by molar-refractivity contribution is -0.128. The fourth-order valence-electron chi connectivity index (χ4n) is 3.34. The summed E-state index contributed by atoms with van der Waals surface area (Å²) in [5, 5.41) is 0. The van der Waals surface area contributed by atoms with Crippen molar-refractivity contribution in [1.29, 1.82) is 0 Å². The Bertz CT molecular complexity index is 937. The smallest absolute Gasteiger partial charge is 0.247 e. The molecule has 1 atom stereocenters. The Labute approximate surface area is 172 Å². The Morgan fingerprint density at radius 2 is 1.86 bits per heavy atom. The van der Waals surface area contributed by atoms with Crippen LogP contribution in [0.25, 0.3) is 6.08 Å². The molecule has 1 fully saturated rings. The molecule has 29 heavy (non-hydrogen) atoms. The fraction of sp³-hybridized carbons (Fsp3) is 0.348. The Balaban J connectivity index is 1.76. The van der Waals surface area contributed by atoms with E-state index < -0.39 is 9.84 Å². The predicted molar refractivity (Wildman–Crippen MR) is 115 cm³/mol. The number of carbonyl (C=O) groups is 1. The van der Waals surface area contributed by atoms with E-state index in [2.05, 4.69) is 6.92 Å². The normalized spacial score (nSPS) is 18.0. The number of rotatable bonds is 8.